The summed E-state index contributed by atoms with van der Waals surface area (Å²) in [6.45, 7) is 3.65. The first-order valence-electron chi connectivity index (χ1n) is 9.87. The zero-order chi connectivity index (χ0) is 19.8. The number of hydrogen-bond acceptors (Lipinski definition) is 3. The van der Waals surface area contributed by atoms with Crippen molar-refractivity contribution in [2.24, 2.45) is 5.41 Å². The zero-order valence-corrected chi connectivity index (χ0v) is 16.1. The van der Waals surface area contributed by atoms with Gasteiger partial charge in [-0.2, -0.15) is 0 Å². The third-order valence-corrected chi connectivity index (χ3v) is 6.10. The van der Waals surface area contributed by atoms with E-state index >= 15 is 0 Å². The molecule has 0 radical (unpaired) electrons. The topological polar surface area (TPSA) is 69.6 Å². The number of piperidine rings is 1. The standard InChI is InChI=1S/C22H26N2O.CH2O2/c25-21-22(20(17-23-21)19-9-5-2-6-10-19)12-15-24(16-13-22)14-11-18-7-3-1-4-8-18;2-1-3/h1-10,20H,11-17H2,(H,23,25);1H,(H,2,3). The average Bonchev–Trinajstić information content (AvgIpc) is 3.05. The third-order valence-electron chi connectivity index (χ3n) is 6.10. The second-order valence-electron chi connectivity index (χ2n) is 7.51. The van der Waals surface area contributed by atoms with E-state index in [1.807, 2.05) is 6.07 Å². The number of carbonyl (C=O) groups excluding carboxylic acids is 1. The molecule has 2 fully saturated rings. The van der Waals surface area contributed by atoms with Crippen LogP contribution in [0.1, 0.15) is 29.9 Å². The molecule has 148 valence electrons. The Morgan fingerprint density at radius 3 is 2.21 bits per heavy atom. The number of carboxylic acid groups (broad SMARTS) is 1. The van der Waals surface area contributed by atoms with Crippen molar-refractivity contribution in [1.82, 2.24) is 10.2 Å². The molecule has 2 saturated heterocycles. The first kappa shape index (κ1) is 20.1. The molecule has 1 amide bonds. The Balaban J connectivity index is 0.000000706. The molecule has 2 aliphatic heterocycles. The Hall–Kier alpha value is -2.66. The fourth-order valence-electron chi connectivity index (χ4n) is 4.53. The van der Waals surface area contributed by atoms with Crippen molar-refractivity contribution in [2.75, 3.05) is 26.2 Å². The van der Waals surface area contributed by atoms with E-state index < -0.39 is 0 Å². The van der Waals surface area contributed by atoms with Gasteiger partial charge < -0.3 is 15.3 Å². The number of benzene rings is 2. The van der Waals surface area contributed by atoms with E-state index in [-0.39, 0.29) is 17.8 Å². The Labute approximate surface area is 166 Å². The molecular weight excluding hydrogens is 352 g/mol. The summed E-state index contributed by atoms with van der Waals surface area (Å²) >= 11 is 0. The predicted octanol–water partition coefficient (Wildman–Crippen LogP) is 2.93. The van der Waals surface area contributed by atoms with E-state index in [9.17, 15) is 4.79 Å². The molecule has 0 aromatic heterocycles. The van der Waals surface area contributed by atoms with E-state index in [0.717, 1.165) is 45.4 Å². The SMILES string of the molecule is O=C1NCC(c2ccccc2)C12CCN(CCc1ccccc1)CC2.O=CO. The van der Waals surface area contributed by atoms with Gasteiger partial charge in [-0.05, 0) is 43.5 Å². The number of hydrogen-bond donors (Lipinski definition) is 2. The van der Waals surface area contributed by atoms with Crippen LogP contribution in [0.3, 0.4) is 0 Å². The lowest BCUT2D eigenvalue weighted by Gasteiger charge is -2.41. The summed E-state index contributed by atoms with van der Waals surface area (Å²) in [7, 11) is 0. The summed E-state index contributed by atoms with van der Waals surface area (Å²) in [4.78, 5) is 23.6. The fraction of sp³-hybridized carbons (Fsp3) is 0.391. The van der Waals surface area contributed by atoms with Crippen molar-refractivity contribution in [3.8, 4) is 0 Å². The van der Waals surface area contributed by atoms with Crippen LogP contribution < -0.4 is 5.32 Å². The highest BCUT2D eigenvalue weighted by Gasteiger charge is 2.51. The Kier molecular flexibility index (Phi) is 6.82. The normalized spacial score (nSPS) is 20.9. The molecule has 2 aliphatic rings. The number of nitrogens with one attached hydrogen (secondary N) is 1. The van der Waals surface area contributed by atoms with Crippen molar-refractivity contribution in [2.45, 2.75) is 25.2 Å². The molecule has 5 heteroatoms. The minimum absolute atomic E-state index is 0.204. The maximum atomic E-state index is 12.7. The minimum atomic E-state index is -0.250. The second-order valence-corrected chi connectivity index (χ2v) is 7.51. The molecule has 0 saturated carbocycles. The van der Waals surface area contributed by atoms with Crippen LogP contribution in [-0.4, -0.2) is 48.6 Å². The molecule has 0 aliphatic carbocycles. The monoisotopic (exact) mass is 380 g/mol. The van der Waals surface area contributed by atoms with E-state index in [1.165, 1.54) is 11.1 Å². The van der Waals surface area contributed by atoms with E-state index in [2.05, 4.69) is 64.8 Å². The lowest BCUT2D eigenvalue weighted by molar-refractivity contribution is -0.130. The first-order chi connectivity index (χ1) is 13.7. The smallest absolute Gasteiger partial charge is 0.290 e. The van der Waals surface area contributed by atoms with Crippen LogP contribution in [0.4, 0.5) is 0 Å². The fourth-order valence-corrected chi connectivity index (χ4v) is 4.53. The maximum absolute atomic E-state index is 12.7. The molecule has 1 unspecified atom stereocenters. The highest BCUT2D eigenvalue weighted by molar-refractivity contribution is 5.86. The van der Waals surface area contributed by atoms with Gasteiger partial charge in [0.2, 0.25) is 5.91 Å². The van der Waals surface area contributed by atoms with Gasteiger partial charge in [-0.15, -0.1) is 0 Å². The van der Waals surface area contributed by atoms with Crippen LogP contribution in [-0.2, 0) is 16.0 Å². The van der Waals surface area contributed by atoms with Gasteiger partial charge in [0.1, 0.15) is 0 Å². The first-order valence-corrected chi connectivity index (χ1v) is 9.87. The molecule has 1 spiro atoms. The van der Waals surface area contributed by atoms with Gasteiger partial charge in [0, 0.05) is 19.0 Å². The molecule has 2 N–H and O–H groups in total. The average molecular weight is 380 g/mol. The van der Waals surface area contributed by atoms with Crippen molar-refractivity contribution >= 4 is 12.4 Å². The van der Waals surface area contributed by atoms with Crippen LogP contribution in [0.2, 0.25) is 0 Å². The van der Waals surface area contributed by atoms with Gasteiger partial charge in [-0.1, -0.05) is 60.7 Å². The quantitative estimate of drug-likeness (QED) is 0.800. The lowest BCUT2D eigenvalue weighted by Crippen LogP contribution is -2.46. The number of carbonyl (C=O) groups is 2. The number of amides is 1. The highest BCUT2D eigenvalue weighted by Crippen LogP contribution is 2.47. The molecule has 2 heterocycles. The molecule has 2 aromatic rings. The summed E-state index contributed by atoms with van der Waals surface area (Å²) in [5, 5.41) is 10.0. The van der Waals surface area contributed by atoms with Gasteiger partial charge in [0.25, 0.3) is 6.47 Å². The summed E-state index contributed by atoms with van der Waals surface area (Å²) in [5.41, 5.74) is 2.49. The van der Waals surface area contributed by atoms with E-state index in [0.29, 0.717) is 5.92 Å². The second kappa shape index (κ2) is 9.51. The Morgan fingerprint density at radius 1 is 1.04 bits per heavy atom. The Morgan fingerprint density at radius 2 is 1.61 bits per heavy atom. The summed E-state index contributed by atoms with van der Waals surface area (Å²) in [6, 6.07) is 21.2. The van der Waals surface area contributed by atoms with Crippen molar-refractivity contribution in [1.29, 1.82) is 0 Å². The molecule has 5 nitrogen and oxygen atoms in total. The van der Waals surface area contributed by atoms with Gasteiger partial charge in [-0.3, -0.25) is 9.59 Å². The summed E-state index contributed by atoms with van der Waals surface area (Å²) in [5.74, 6) is 0.585. The van der Waals surface area contributed by atoms with E-state index in [1.54, 1.807) is 0 Å². The number of rotatable bonds is 4. The van der Waals surface area contributed by atoms with Gasteiger partial charge in [0.15, 0.2) is 0 Å². The third kappa shape index (κ3) is 4.42. The molecule has 0 bridgehead atoms. The zero-order valence-electron chi connectivity index (χ0n) is 16.1. The van der Waals surface area contributed by atoms with Gasteiger partial charge in [0.05, 0.1) is 5.41 Å². The van der Waals surface area contributed by atoms with Crippen LogP contribution in [0.5, 0.6) is 0 Å². The van der Waals surface area contributed by atoms with Crippen LogP contribution >= 0.6 is 0 Å². The maximum Gasteiger partial charge on any atom is 0.290 e. The Bertz CT molecular complexity index is 756. The molecular formula is C23H28N2O3. The molecule has 28 heavy (non-hydrogen) atoms. The summed E-state index contributed by atoms with van der Waals surface area (Å²) in [6.07, 6.45) is 3.02. The van der Waals surface area contributed by atoms with E-state index in [4.69, 9.17) is 9.90 Å². The lowest BCUT2D eigenvalue weighted by atomic mass is 9.68. The molecule has 4 rings (SSSR count). The largest absolute Gasteiger partial charge is 0.483 e. The predicted molar refractivity (Wildman–Crippen MR) is 109 cm³/mol. The number of nitrogens with zero attached hydrogens (tertiary/aromatic N) is 1. The van der Waals surface area contributed by atoms with Crippen LogP contribution in [0.25, 0.3) is 0 Å². The van der Waals surface area contributed by atoms with Crippen molar-refractivity contribution in [3.05, 3.63) is 71.8 Å². The molecule has 2 aromatic carbocycles. The summed E-state index contributed by atoms with van der Waals surface area (Å²) < 4.78 is 0. The number of likely N-dealkylation sites (tertiary alicyclic amines) is 1. The van der Waals surface area contributed by atoms with Crippen molar-refractivity contribution < 1.29 is 14.7 Å². The minimum Gasteiger partial charge on any atom is -0.483 e. The van der Waals surface area contributed by atoms with Crippen LogP contribution in [0.15, 0.2) is 60.7 Å². The van der Waals surface area contributed by atoms with Gasteiger partial charge >= 0.3 is 0 Å². The van der Waals surface area contributed by atoms with Gasteiger partial charge in [-0.25, -0.2) is 0 Å². The van der Waals surface area contributed by atoms with Crippen molar-refractivity contribution in [3.63, 3.8) is 0 Å². The molecule has 1 atom stereocenters. The van der Waals surface area contributed by atoms with Crippen LogP contribution in [0, 0.1) is 5.41 Å². The highest BCUT2D eigenvalue weighted by atomic mass is 16.3.